The molecule has 0 radical (unpaired) electrons. The van der Waals surface area contributed by atoms with E-state index in [9.17, 15) is 13.2 Å². The lowest BCUT2D eigenvalue weighted by Crippen LogP contribution is -2.42. The van der Waals surface area contributed by atoms with Crippen molar-refractivity contribution in [2.24, 2.45) is 5.92 Å². The maximum Gasteiger partial charge on any atom is 0.243 e. The zero-order valence-corrected chi connectivity index (χ0v) is 16.9. The Hall–Kier alpha value is -2.70. The molecule has 4 rings (SSSR count). The highest BCUT2D eigenvalue weighted by molar-refractivity contribution is 7.89. The molecule has 3 aromatic carbocycles. The highest BCUT2D eigenvalue weighted by atomic mass is 32.2. The van der Waals surface area contributed by atoms with Gasteiger partial charge in [0.25, 0.3) is 0 Å². The lowest BCUT2D eigenvalue weighted by Gasteiger charge is -2.30. The fraction of sp³-hybridized carbons (Fsp3) is 0.261. The lowest BCUT2D eigenvalue weighted by atomic mass is 9.97. The summed E-state index contributed by atoms with van der Waals surface area (Å²) >= 11 is 0. The molecule has 0 unspecified atom stereocenters. The van der Waals surface area contributed by atoms with E-state index in [-0.39, 0.29) is 11.8 Å². The first-order valence-electron chi connectivity index (χ1n) is 9.84. The highest BCUT2D eigenvalue weighted by Crippen LogP contribution is 2.26. The molecule has 0 aliphatic carbocycles. The number of piperidine rings is 1. The van der Waals surface area contributed by atoms with Crippen LogP contribution in [0, 0.1) is 5.92 Å². The molecule has 0 bridgehead atoms. The summed E-state index contributed by atoms with van der Waals surface area (Å²) in [5, 5.41) is 4.89. The Morgan fingerprint density at radius 1 is 0.897 bits per heavy atom. The average Bonchev–Trinajstić information content (AvgIpc) is 2.78. The molecule has 1 amide bonds. The van der Waals surface area contributed by atoms with Crippen molar-refractivity contribution in [2.75, 3.05) is 13.1 Å². The maximum atomic E-state index is 13.0. The van der Waals surface area contributed by atoms with Gasteiger partial charge >= 0.3 is 0 Å². The van der Waals surface area contributed by atoms with E-state index in [0.29, 0.717) is 37.4 Å². The Labute approximate surface area is 171 Å². The molecule has 0 aromatic heterocycles. The molecule has 150 valence electrons. The number of nitrogens with one attached hydrogen (secondary N) is 1. The predicted molar refractivity (Wildman–Crippen MR) is 114 cm³/mol. The minimum absolute atomic E-state index is 0.00314. The van der Waals surface area contributed by atoms with Gasteiger partial charge in [-0.25, -0.2) is 8.42 Å². The fourth-order valence-corrected chi connectivity index (χ4v) is 5.27. The average molecular weight is 409 g/mol. The fourth-order valence-electron chi connectivity index (χ4n) is 3.76. The summed E-state index contributed by atoms with van der Waals surface area (Å²) in [5.74, 6) is -0.154. The molecule has 6 heteroatoms. The first kappa shape index (κ1) is 19.6. The molecule has 3 aromatic rings. The lowest BCUT2D eigenvalue weighted by molar-refractivity contribution is -0.126. The topological polar surface area (TPSA) is 66.5 Å². The van der Waals surface area contributed by atoms with Crippen LogP contribution >= 0.6 is 0 Å². The van der Waals surface area contributed by atoms with Gasteiger partial charge in [0.05, 0.1) is 4.90 Å². The molecular weight excluding hydrogens is 384 g/mol. The first-order chi connectivity index (χ1) is 14.0. The molecule has 1 N–H and O–H groups in total. The van der Waals surface area contributed by atoms with Gasteiger partial charge in [-0.2, -0.15) is 4.31 Å². The Morgan fingerprint density at radius 2 is 1.55 bits per heavy atom. The minimum Gasteiger partial charge on any atom is -0.352 e. The van der Waals surface area contributed by atoms with Gasteiger partial charge in [0, 0.05) is 25.6 Å². The number of carbonyl (C=O) groups excluding carboxylic acids is 1. The van der Waals surface area contributed by atoms with Crippen molar-refractivity contribution in [1.82, 2.24) is 9.62 Å². The number of hydrogen-bond acceptors (Lipinski definition) is 3. The number of fused-ring (bicyclic) bond motifs is 1. The van der Waals surface area contributed by atoms with Crippen LogP contribution in [0.1, 0.15) is 18.4 Å². The van der Waals surface area contributed by atoms with E-state index in [1.54, 1.807) is 12.1 Å². The number of benzene rings is 3. The van der Waals surface area contributed by atoms with Gasteiger partial charge in [-0.3, -0.25) is 4.79 Å². The van der Waals surface area contributed by atoms with Crippen LogP contribution in [0.15, 0.2) is 77.7 Å². The molecule has 5 nitrogen and oxygen atoms in total. The Morgan fingerprint density at radius 3 is 2.28 bits per heavy atom. The molecule has 1 aliphatic heterocycles. The normalized spacial score (nSPS) is 16.0. The van der Waals surface area contributed by atoms with Gasteiger partial charge in [0.15, 0.2) is 0 Å². The van der Waals surface area contributed by atoms with E-state index >= 15 is 0 Å². The quantitative estimate of drug-likeness (QED) is 0.702. The van der Waals surface area contributed by atoms with Gasteiger partial charge in [-0.05, 0) is 41.3 Å². The number of carbonyl (C=O) groups is 1. The van der Waals surface area contributed by atoms with Crippen LogP contribution in [0.2, 0.25) is 0 Å². The smallest absolute Gasteiger partial charge is 0.243 e. The summed E-state index contributed by atoms with van der Waals surface area (Å²) in [6, 6.07) is 22.7. The molecule has 29 heavy (non-hydrogen) atoms. The van der Waals surface area contributed by atoms with Gasteiger partial charge in [-0.15, -0.1) is 0 Å². The molecule has 0 saturated carbocycles. The van der Waals surface area contributed by atoms with Crippen LogP contribution < -0.4 is 5.32 Å². The zero-order valence-electron chi connectivity index (χ0n) is 16.1. The SMILES string of the molecule is O=C(NCc1ccccc1)C1CCN(S(=O)(=O)c2ccc3ccccc3c2)CC1. The largest absolute Gasteiger partial charge is 0.352 e. The second kappa shape index (κ2) is 8.35. The Kier molecular flexibility index (Phi) is 5.65. The van der Waals surface area contributed by atoms with E-state index < -0.39 is 10.0 Å². The third kappa shape index (κ3) is 4.33. The van der Waals surface area contributed by atoms with Crippen molar-refractivity contribution in [3.05, 3.63) is 78.4 Å². The van der Waals surface area contributed by atoms with Crippen LogP contribution in [-0.2, 0) is 21.4 Å². The molecule has 1 heterocycles. The van der Waals surface area contributed by atoms with Crippen LogP contribution in [0.5, 0.6) is 0 Å². The molecule has 1 saturated heterocycles. The summed E-state index contributed by atoms with van der Waals surface area (Å²) in [7, 11) is -3.56. The molecule has 1 aliphatic rings. The predicted octanol–water partition coefficient (Wildman–Crippen LogP) is 3.56. The van der Waals surface area contributed by atoms with E-state index in [2.05, 4.69) is 5.32 Å². The van der Waals surface area contributed by atoms with Gasteiger partial charge < -0.3 is 5.32 Å². The first-order valence-corrected chi connectivity index (χ1v) is 11.3. The van der Waals surface area contributed by atoms with Crippen LogP contribution in [0.4, 0.5) is 0 Å². The minimum atomic E-state index is -3.56. The number of amides is 1. The summed E-state index contributed by atoms with van der Waals surface area (Å²) in [6.07, 6.45) is 1.07. The second-order valence-corrected chi connectivity index (χ2v) is 9.33. The van der Waals surface area contributed by atoms with Crippen molar-refractivity contribution in [1.29, 1.82) is 0 Å². The second-order valence-electron chi connectivity index (χ2n) is 7.39. The monoisotopic (exact) mass is 408 g/mol. The maximum absolute atomic E-state index is 13.0. The van der Waals surface area contributed by atoms with Crippen molar-refractivity contribution in [3.63, 3.8) is 0 Å². The summed E-state index contributed by atoms with van der Waals surface area (Å²) in [5.41, 5.74) is 1.05. The number of sulfonamides is 1. The van der Waals surface area contributed by atoms with Crippen molar-refractivity contribution in [2.45, 2.75) is 24.3 Å². The summed E-state index contributed by atoms with van der Waals surface area (Å²) < 4.78 is 27.6. The van der Waals surface area contributed by atoms with Crippen molar-refractivity contribution < 1.29 is 13.2 Å². The summed E-state index contributed by atoms with van der Waals surface area (Å²) in [6.45, 7) is 1.21. The third-order valence-electron chi connectivity index (χ3n) is 5.49. The third-order valence-corrected chi connectivity index (χ3v) is 7.39. The van der Waals surface area contributed by atoms with E-state index in [1.807, 2.05) is 60.7 Å². The highest BCUT2D eigenvalue weighted by Gasteiger charge is 2.32. The van der Waals surface area contributed by atoms with E-state index in [4.69, 9.17) is 0 Å². The number of hydrogen-bond donors (Lipinski definition) is 1. The van der Waals surface area contributed by atoms with Crippen molar-refractivity contribution >= 4 is 26.7 Å². The molecule has 0 atom stereocenters. The Bertz CT molecular complexity index is 1110. The van der Waals surface area contributed by atoms with Gasteiger partial charge in [0.2, 0.25) is 15.9 Å². The molecule has 0 spiro atoms. The number of rotatable bonds is 5. The summed E-state index contributed by atoms with van der Waals surface area (Å²) in [4.78, 5) is 12.8. The van der Waals surface area contributed by atoms with Crippen LogP contribution in [-0.4, -0.2) is 31.7 Å². The van der Waals surface area contributed by atoms with Gasteiger partial charge in [0.1, 0.15) is 0 Å². The molecular formula is C23H24N2O3S. The van der Waals surface area contributed by atoms with Crippen LogP contribution in [0.3, 0.4) is 0 Å². The van der Waals surface area contributed by atoms with E-state index in [1.165, 1.54) is 4.31 Å². The number of nitrogens with zero attached hydrogens (tertiary/aromatic N) is 1. The van der Waals surface area contributed by atoms with Gasteiger partial charge in [-0.1, -0.05) is 60.7 Å². The molecule has 1 fully saturated rings. The zero-order chi connectivity index (χ0) is 20.3. The van der Waals surface area contributed by atoms with Crippen molar-refractivity contribution in [3.8, 4) is 0 Å². The van der Waals surface area contributed by atoms with E-state index in [0.717, 1.165) is 16.3 Å². The van der Waals surface area contributed by atoms with Crippen LogP contribution in [0.25, 0.3) is 10.8 Å². The standard InChI is InChI=1S/C23H24N2O3S/c26-23(24-17-18-6-2-1-3-7-18)20-12-14-25(15-13-20)29(27,28)22-11-10-19-8-4-5-9-21(19)16-22/h1-11,16,20H,12-15,17H2,(H,24,26). The Balaban J connectivity index is 1.38.